The summed E-state index contributed by atoms with van der Waals surface area (Å²) in [5.41, 5.74) is 5.24. The lowest BCUT2D eigenvalue weighted by Gasteiger charge is -2.42. The topological polar surface area (TPSA) is 9.72 Å². The molecule has 144 valence electrons. The van der Waals surface area contributed by atoms with Gasteiger partial charge in [-0.05, 0) is 35.4 Å². The Kier molecular flexibility index (Phi) is 5.76. The first kappa shape index (κ1) is 18.7. The third-order valence-electron chi connectivity index (χ3n) is 5.40. The second-order valence-corrected chi connectivity index (χ2v) is 7.63. The summed E-state index contributed by atoms with van der Waals surface area (Å²) in [6.07, 6.45) is 1.09. The molecule has 2 aromatic rings. The Labute approximate surface area is 167 Å². The molecule has 0 unspecified atom stereocenters. The molecule has 0 amide bonds. The van der Waals surface area contributed by atoms with Crippen molar-refractivity contribution in [2.45, 2.75) is 13.0 Å². The molecule has 2 aromatic carbocycles. The maximum Gasteiger partial charge on any atom is 0.123 e. The highest BCUT2D eigenvalue weighted by Crippen LogP contribution is 2.26. The van der Waals surface area contributed by atoms with Gasteiger partial charge in [-0.25, -0.2) is 4.39 Å². The summed E-state index contributed by atoms with van der Waals surface area (Å²) in [6, 6.07) is 17.1. The first-order valence-electron chi connectivity index (χ1n) is 9.82. The third kappa shape index (κ3) is 4.62. The molecule has 0 saturated heterocycles. The fraction of sp³-hybridized carbons (Fsp3) is 0.333. The lowest BCUT2D eigenvalue weighted by molar-refractivity contribution is 0.137. The first-order valence-corrected chi connectivity index (χ1v) is 9.82. The molecule has 28 heavy (non-hydrogen) atoms. The van der Waals surface area contributed by atoms with Gasteiger partial charge in [-0.1, -0.05) is 42.2 Å². The van der Waals surface area contributed by atoms with Crippen LogP contribution in [-0.2, 0) is 6.54 Å². The van der Waals surface area contributed by atoms with E-state index in [1.807, 2.05) is 0 Å². The monoisotopic (exact) mass is 375 g/mol. The summed E-state index contributed by atoms with van der Waals surface area (Å²) in [5, 5.41) is 0. The Bertz CT molecular complexity index is 893. The quantitative estimate of drug-likeness (QED) is 0.760. The van der Waals surface area contributed by atoms with Crippen LogP contribution >= 0.6 is 0 Å². The lowest BCUT2D eigenvalue weighted by atomic mass is 10.0. The van der Waals surface area contributed by atoms with Gasteiger partial charge in [0.15, 0.2) is 0 Å². The molecule has 0 fully saturated rings. The molecule has 4 rings (SSSR count). The lowest BCUT2D eigenvalue weighted by Crippen LogP contribution is -2.47. The second-order valence-electron chi connectivity index (χ2n) is 7.63. The van der Waals surface area contributed by atoms with Crippen LogP contribution in [0.5, 0.6) is 0 Å². The van der Waals surface area contributed by atoms with Crippen molar-refractivity contribution in [1.29, 1.82) is 0 Å². The van der Waals surface area contributed by atoms with Gasteiger partial charge in [0.05, 0.1) is 13.2 Å². The zero-order chi connectivity index (χ0) is 19.3. The average molecular weight is 375 g/mol. The van der Waals surface area contributed by atoms with Gasteiger partial charge in [0.25, 0.3) is 0 Å². The molecule has 4 heteroatoms. The van der Waals surface area contributed by atoms with Gasteiger partial charge >= 0.3 is 0 Å². The highest BCUT2D eigenvalue weighted by molar-refractivity contribution is 5.34. The number of nitrogens with zero attached hydrogens (tertiary/aromatic N) is 3. The Balaban J connectivity index is 1.37. The van der Waals surface area contributed by atoms with E-state index in [-0.39, 0.29) is 5.82 Å². The molecule has 0 aliphatic carbocycles. The predicted octanol–water partition coefficient (Wildman–Crippen LogP) is 3.54. The van der Waals surface area contributed by atoms with Gasteiger partial charge in [0, 0.05) is 50.9 Å². The fourth-order valence-corrected chi connectivity index (χ4v) is 4.06. The summed E-state index contributed by atoms with van der Waals surface area (Å²) >= 11 is 0. The Morgan fingerprint density at radius 2 is 1.71 bits per heavy atom. The van der Waals surface area contributed by atoms with Crippen molar-refractivity contribution in [1.82, 2.24) is 14.7 Å². The van der Waals surface area contributed by atoms with Crippen molar-refractivity contribution in [2.24, 2.45) is 0 Å². The van der Waals surface area contributed by atoms with E-state index in [9.17, 15) is 4.39 Å². The highest BCUT2D eigenvalue weighted by Gasteiger charge is 2.27. The predicted molar refractivity (Wildman–Crippen MR) is 111 cm³/mol. The third-order valence-corrected chi connectivity index (χ3v) is 5.40. The van der Waals surface area contributed by atoms with Crippen molar-refractivity contribution in [2.75, 3.05) is 39.9 Å². The number of hydrogen-bond donors (Lipinski definition) is 0. The van der Waals surface area contributed by atoms with Crippen LogP contribution in [0.3, 0.4) is 0 Å². The normalized spacial score (nSPS) is 17.9. The minimum atomic E-state index is -0.220. The maximum atomic E-state index is 13.0. The van der Waals surface area contributed by atoms with E-state index >= 15 is 0 Å². The summed E-state index contributed by atoms with van der Waals surface area (Å²) in [6.45, 7) is 5.75. The first-order chi connectivity index (χ1) is 13.7. The smallest absolute Gasteiger partial charge is 0.123 e. The van der Waals surface area contributed by atoms with Crippen LogP contribution in [-0.4, -0.2) is 54.6 Å². The van der Waals surface area contributed by atoms with Gasteiger partial charge in [-0.3, -0.25) is 9.80 Å². The van der Waals surface area contributed by atoms with E-state index in [2.05, 4.69) is 63.9 Å². The fourth-order valence-electron chi connectivity index (χ4n) is 4.06. The standard InChI is InChI=1S/C24H26FN3/c1-26-19-28(16-21-6-3-2-4-7-21)18-22-17-27(15-13-24(22)26)14-5-8-20-9-11-23(25)12-10-20/h2-4,6-7,9-12H,13-19H2,1H3. The van der Waals surface area contributed by atoms with Crippen molar-refractivity contribution in [3.63, 3.8) is 0 Å². The SMILES string of the molecule is CN1CN(Cc2ccccc2)CC2=C1CCN(CC#Cc1ccc(F)cc1)C2. The molecule has 0 saturated carbocycles. The minimum Gasteiger partial charge on any atom is -0.365 e. The minimum absolute atomic E-state index is 0.220. The van der Waals surface area contributed by atoms with Crippen molar-refractivity contribution >= 4 is 0 Å². The van der Waals surface area contributed by atoms with Crippen molar-refractivity contribution < 1.29 is 4.39 Å². The molecular weight excluding hydrogens is 349 g/mol. The molecular formula is C24H26FN3. The van der Waals surface area contributed by atoms with Crippen LogP contribution in [0.15, 0.2) is 65.9 Å². The molecule has 0 bridgehead atoms. The van der Waals surface area contributed by atoms with Crippen LogP contribution in [0.2, 0.25) is 0 Å². The van der Waals surface area contributed by atoms with E-state index in [1.165, 1.54) is 29.0 Å². The summed E-state index contributed by atoms with van der Waals surface area (Å²) < 4.78 is 13.0. The molecule has 2 heterocycles. The summed E-state index contributed by atoms with van der Waals surface area (Å²) in [7, 11) is 2.20. The molecule has 2 aliphatic heterocycles. The van der Waals surface area contributed by atoms with Crippen LogP contribution in [0.4, 0.5) is 4.39 Å². The van der Waals surface area contributed by atoms with E-state index in [0.29, 0.717) is 0 Å². The van der Waals surface area contributed by atoms with Crippen LogP contribution < -0.4 is 0 Å². The second kappa shape index (κ2) is 8.60. The zero-order valence-electron chi connectivity index (χ0n) is 16.4. The van der Waals surface area contributed by atoms with Crippen LogP contribution in [0.25, 0.3) is 0 Å². The van der Waals surface area contributed by atoms with Gasteiger partial charge in [0.1, 0.15) is 5.82 Å². The Hall–Kier alpha value is -2.61. The molecule has 2 aliphatic rings. The number of hydrogen-bond acceptors (Lipinski definition) is 3. The summed E-state index contributed by atoms with van der Waals surface area (Å²) in [4.78, 5) is 7.32. The number of halogens is 1. The Morgan fingerprint density at radius 1 is 0.964 bits per heavy atom. The van der Waals surface area contributed by atoms with E-state index in [4.69, 9.17) is 0 Å². The maximum absolute atomic E-state index is 13.0. The average Bonchev–Trinajstić information content (AvgIpc) is 2.70. The van der Waals surface area contributed by atoms with Gasteiger partial charge in [-0.2, -0.15) is 0 Å². The zero-order valence-corrected chi connectivity index (χ0v) is 16.4. The molecule has 0 aromatic heterocycles. The Morgan fingerprint density at radius 3 is 2.50 bits per heavy atom. The van der Waals surface area contributed by atoms with E-state index in [0.717, 1.165) is 51.4 Å². The molecule has 0 atom stereocenters. The highest BCUT2D eigenvalue weighted by atomic mass is 19.1. The van der Waals surface area contributed by atoms with Gasteiger partial charge in [0.2, 0.25) is 0 Å². The summed E-state index contributed by atoms with van der Waals surface area (Å²) in [5.74, 6) is 6.18. The molecule has 0 N–H and O–H groups in total. The molecule has 0 spiro atoms. The van der Waals surface area contributed by atoms with Gasteiger partial charge in [-0.15, -0.1) is 0 Å². The number of benzene rings is 2. The van der Waals surface area contributed by atoms with Crippen molar-refractivity contribution in [3.8, 4) is 11.8 Å². The van der Waals surface area contributed by atoms with Crippen LogP contribution in [0.1, 0.15) is 17.5 Å². The van der Waals surface area contributed by atoms with Crippen molar-refractivity contribution in [3.05, 3.63) is 82.8 Å². The van der Waals surface area contributed by atoms with Gasteiger partial charge < -0.3 is 4.90 Å². The number of rotatable bonds is 3. The largest absolute Gasteiger partial charge is 0.365 e. The van der Waals surface area contributed by atoms with Crippen LogP contribution in [0, 0.1) is 17.7 Å². The van der Waals surface area contributed by atoms with E-state index < -0.39 is 0 Å². The van der Waals surface area contributed by atoms with E-state index in [1.54, 1.807) is 12.1 Å². The molecule has 3 nitrogen and oxygen atoms in total. The molecule has 0 radical (unpaired) electrons.